The first-order chi connectivity index (χ1) is 7.31. The number of rotatable bonds is 5. The van der Waals surface area contributed by atoms with Crippen LogP contribution >= 0.6 is 0 Å². The maximum Gasteiger partial charge on any atom is 0.0726 e. The van der Waals surface area contributed by atoms with Gasteiger partial charge in [0, 0.05) is 37.7 Å². The van der Waals surface area contributed by atoms with Crippen molar-refractivity contribution in [2.45, 2.75) is 25.4 Å². The van der Waals surface area contributed by atoms with E-state index in [2.05, 4.69) is 21.9 Å². The fourth-order valence-electron chi connectivity index (χ4n) is 2.00. The SMILES string of the molecule is CN(Cc1cnccn1)C(CN)C1CC1. The molecule has 0 aromatic carbocycles. The molecule has 1 aromatic rings. The standard InChI is InChI=1S/C11H18N4/c1-15(11(6-12)9-2-3-9)8-10-7-13-4-5-14-10/h4-5,7,9,11H,2-3,6,8,12H2,1H3. The lowest BCUT2D eigenvalue weighted by Gasteiger charge is -2.26. The van der Waals surface area contributed by atoms with E-state index < -0.39 is 0 Å². The molecule has 4 heteroatoms. The van der Waals surface area contributed by atoms with Crippen LogP contribution < -0.4 is 5.73 Å². The lowest BCUT2D eigenvalue weighted by Crippen LogP contribution is -2.39. The molecule has 0 spiro atoms. The van der Waals surface area contributed by atoms with Gasteiger partial charge in [0.2, 0.25) is 0 Å². The minimum absolute atomic E-state index is 0.506. The van der Waals surface area contributed by atoms with Crippen LogP contribution in [0.2, 0.25) is 0 Å². The Kier molecular flexibility index (Phi) is 3.28. The summed E-state index contributed by atoms with van der Waals surface area (Å²) in [6.45, 7) is 1.58. The van der Waals surface area contributed by atoms with Gasteiger partial charge in [-0.15, -0.1) is 0 Å². The number of hydrogen-bond donors (Lipinski definition) is 1. The Bertz CT molecular complexity index is 297. The highest BCUT2D eigenvalue weighted by molar-refractivity contribution is 4.96. The maximum absolute atomic E-state index is 5.79. The normalized spacial score (nSPS) is 18.1. The van der Waals surface area contributed by atoms with E-state index >= 15 is 0 Å². The Labute approximate surface area is 90.5 Å². The minimum atomic E-state index is 0.506. The van der Waals surface area contributed by atoms with Crippen molar-refractivity contribution in [1.29, 1.82) is 0 Å². The van der Waals surface area contributed by atoms with Crippen LogP contribution in [0.5, 0.6) is 0 Å². The Morgan fingerprint density at radius 2 is 2.33 bits per heavy atom. The molecule has 2 rings (SSSR count). The first-order valence-corrected chi connectivity index (χ1v) is 5.46. The zero-order valence-electron chi connectivity index (χ0n) is 9.13. The smallest absolute Gasteiger partial charge is 0.0726 e. The van der Waals surface area contributed by atoms with E-state index in [9.17, 15) is 0 Å². The van der Waals surface area contributed by atoms with Crippen LogP contribution in [0.1, 0.15) is 18.5 Å². The molecule has 82 valence electrons. The zero-order chi connectivity index (χ0) is 10.7. The van der Waals surface area contributed by atoms with Crippen LogP contribution in [-0.2, 0) is 6.54 Å². The van der Waals surface area contributed by atoms with Gasteiger partial charge < -0.3 is 5.73 Å². The molecule has 0 saturated heterocycles. The van der Waals surface area contributed by atoms with Crippen molar-refractivity contribution in [2.75, 3.05) is 13.6 Å². The largest absolute Gasteiger partial charge is 0.329 e. The monoisotopic (exact) mass is 206 g/mol. The molecular formula is C11H18N4. The Morgan fingerprint density at radius 3 is 2.87 bits per heavy atom. The van der Waals surface area contributed by atoms with Gasteiger partial charge in [0.15, 0.2) is 0 Å². The van der Waals surface area contributed by atoms with Gasteiger partial charge in [0.1, 0.15) is 0 Å². The Hall–Kier alpha value is -1.00. The fraction of sp³-hybridized carbons (Fsp3) is 0.636. The van der Waals surface area contributed by atoms with Crippen LogP contribution in [-0.4, -0.2) is 34.5 Å². The second kappa shape index (κ2) is 4.68. The van der Waals surface area contributed by atoms with Crippen LogP contribution in [0.15, 0.2) is 18.6 Å². The highest BCUT2D eigenvalue weighted by atomic mass is 15.2. The molecule has 1 aliphatic carbocycles. The van der Waals surface area contributed by atoms with Crippen molar-refractivity contribution in [1.82, 2.24) is 14.9 Å². The van der Waals surface area contributed by atoms with Crippen molar-refractivity contribution in [3.05, 3.63) is 24.3 Å². The molecule has 0 radical (unpaired) electrons. The summed E-state index contributed by atoms with van der Waals surface area (Å²) in [7, 11) is 2.12. The van der Waals surface area contributed by atoms with E-state index in [0.717, 1.165) is 24.7 Å². The van der Waals surface area contributed by atoms with Gasteiger partial charge in [-0.25, -0.2) is 0 Å². The van der Waals surface area contributed by atoms with Crippen molar-refractivity contribution in [3.8, 4) is 0 Å². The van der Waals surface area contributed by atoms with E-state index in [1.165, 1.54) is 12.8 Å². The molecule has 0 amide bonds. The quantitative estimate of drug-likeness (QED) is 0.768. The Balaban J connectivity index is 1.93. The van der Waals surface area contributed by atoms with E-state index in [4.69, 9.17) is 5.73 Å². The van der Waals surface area contributed by atoms with Crippen LogP contribution in [0.4, 0.5) is 0 Å². The molecule has 0 aliphatic heterocycles. The molecular weight excluding hydrogens is 188 g/mol. The summed E-state index contributed by atoms with van der Waals surface area (Å²) < 4.78 is 0. The van der Waals surface area contributed by atoms with Gasteiger partial charge >= 0.3 is 0 Å². The molecule has 4 nitrogen and oxygen atoms in total. The molecule has 1 atom stereocenters. The zero-order valence-corrected chi connectivity index (χ0v) is 9.13. The molecule has 15 heavy (non-hydrogen) atoms. The van der Waals surface area contributed by atoms with Crippen LogP contribution in [0.3, 0.4) is 0 Å². The predicted molar refractivity (Wildman–Crippen MR) is 59.1 cm³/mol. The molecule has 1 unspecified atom stereocenters. The van der Waals surface area contributed by atoms with E-state index in [-0.39, 0.29) is 0 Å². The molecule has 1 aromatic heterocycles. The van der Waals surface area contributed by atoms with Gasteiger partial charge in [-0.2, -0.15) is 0 Å². The van der Waals surface area contributed by atoms with E-state index in [1.54, 1.807) is 12.4 Å². The third-order valence-corrected chi connectivity index (χ3v) is 3.00. The molecule has 1 heterocycles. The first-order valence-electron chi connectivity index (χ1n) is 5.46. The average molecular weight is 206 g/mol. The summed E-state index contributed by atoms with van der Waals surface area (Å²) in [6.07, 6.45) is 7.90. The summed E-state index contributed by atoms with van der Waals surface area (Å²) in [4.78, 5) is 10.6. The van der Waals surface area contributed by atoms with Gasteiger partial charge in [-0.05, 0) is 25.8 Å². The fourth-order valence-corrected chi connectivity index (χ4v) is 2.00. The van der Waals surface area contributed by atoms with Gasteiger partial charge in [-0.3, -0.25) is 14.9 Å². The highest BCUT2D eigenvalue weighted by Crippen LogP contribution is 2.34. The third kappa shape index (κ3) is 2.73. The molecule has 2 N–H and O–H groups in total. The Morgan fingerprint density at radius 1 is 1.53 bits per heavy atom. The average Bonchev–Trinajstić information content (AvgIpc) is 3.04. The number of nitrogens with two attached hydrogens (primary N) is 1. The molecule has 1 aliphatic rings. The van der Waals surface area contributed by atoms with Crippen molar-refractivity contribution in [2.24, 2.45) is 11.7 Å². The van der Waals surface area contributed by atoms with Gasteiger partial charge in [0.05, 0.1) is 5.69 Å². The van der Waals surface area contributed by atoms with Crippen LogP contribution in [0, 0.1) is 5.92 Å². The lowest BCUT2D eigenvalue weighted by molar-refractivity contribution is 0.213. The maximum atomic E-state index is 5.79. The van der Waals surface area contributed by atoms with Gasteiger partial charge in [0.25, 0.3) is 0 Å². The second-order valence-corrected chi connectivity index (χ2v) is 4.25. The molecule has 0 bridgehead atoms. The van der Waals surface area contributed by atoms with Crippen molar-refractivity contribution < 1.29 is 0 Å². The highest BCUT2D eigenvalue weighted by Gasteiger charge is 2.32. The summed E-state index contributed by atoms with van der Waals surface area (Å²) >= 11 is 0. The summed E-state index contributed by atoms with van der Waals surface area (Å²) in [6, 6.07) is 0.506. The number of aromatic nitrogens is 2. The lowest BCUT2D eigenvalue weighted by atomic mass is 10.1. The topological polar surface area (TPSA) is 55.0 Å². The van der Waals surface area contributed by atoms with Crippen molar-refractivity contribution in [3.63, 3.8) is 0 Å². The third-order valence-electron chi connectivity index (χ3n) is 3.00. The van der Waals surface area contributed by atoms with Crippen LogP contribution in [0.25, 0.3) is 0 Å². The number of likely N-dealkylation sites (N-methyl/N-ethyl adjacent to an activating group) is 1. The van der Waals surface area contributed by atoms with E-state index in [1.807, 2.05) is 6.20 Å². The first kappa shape index (κ1) is 10.5. The summed E-state index contributed by atoms with van der Waals surface area (Å²) in [5.41, 5.74) is 6.80. The number of hydrogen-bond acceptors (Lipinski definition) is 4. The molecule has 1 fully saturated rings. The molecule has 1 saturated carbocycles. The van der Waals surface area contributed by atoms with E-state index in [0.29, 0.717) is 6.04 Å². The summed E-state index contributed by atoms with van der Waals surface area (Å²) in [5, 5.41) is 0. The number of nitrogens with zero attached hydrogens (tertiary/aromatic N) is 3. The minimum Gasteiger partial charge on any atom is -0.329 e. The van der Waals surface area contributed by atoms with Crippen molar-refractivity contribution >= 4 is 0 Å². The second-order valence-electron chi connectivity index (χ2n) is 4.25. The summed E-state index contributed by atoms with van der Waals surface area (Å²) in [5.74, 6) is 0.802. The predicted octanol–water partition coefficient (Wildman–Crippen LogP) is 0.646. The van der Waals surface area contributed by atoms with Gasteiger partial charge in [-0.1, -0.05) is 0 Å².